The maximum Gasteiger partial charge on any atom is 0.145 e. The molecule has 0 amide bonds. The average Bonchev–Trinajstić information content (AvgIpc) is 4.02. The number of hydrogen-bond donors (Lipinski definition) is 0. The summed E-state index contributed by atoms with van der Waals surface area (Å²) in [6.07, 6.45) is 0. The molecular formula is C58H36N2O2. The van der Waals surface area contributed by atoms with Gasteiger partial charge in [-0.05, 0) is 94.9 Å². The quantitative estimate of drug-likeness (QED) is 0.168. The molecule has 13 rings (SSSR count). The SMILES string of the molecule is c1cc(-c2c(N(c3ccc(-c4cccc5oc6ccccc6c45)cc3)c3cccc4ccccc34)ccc3c2oc2ccccc23)cc(-n2c3ccccc3c3ccccc32)c1. The van der Waals surface area contributed by atoms with Crippen LogP contribution in [0, 0.1) is 0 Å². The third kappa shape index (κ3) is 5.20. The van der Waals surface area contributed by atoms with E-state index >= 15 is 0 Å². The number of fused-ring (bicyclic) bond motifs is 10. The van der Waals surface area contributed by atoms with Crippen LogP contribution in [0.2, 0.25) is 0 Å². The van der Waals surface area contributed by atoms with Gasteiger partial charge >= 0.3 is 0 Å². The minimum Gasteiger partial charge on any atom is -0.456 e. The molecule has 0 saturated heterocycles. The van der Waals surface area contributed by atoms with Gasteiger partial charge in [0.2, 0.25) is 0 Å². The molecule has 0 spiro atoms. The van der Waals surface area contributed by atoms with E-state index in [0.717, 1.165) is 94.3 Å². The van der Waals surface area contributed by atoms with Crippen molar-refractivity contribution in [2.45, 2.75) is 0 Å². The van der Waals surface area contributed by atoms with Crippen LogP contribution in [0.3, 0.4) is 0 Å². The van der Waals surface area contributed by atoms with Gasteiger partial charge in [0, 0.05) is 54.6 Å². The van der Waals surface area contributed by atoms with E-state index < -0.39 is 0 Å². The Morgan fingerprint density at radius 1 is 0.371 bits per heavy atom. The molecule has 3 aromatic heterocycles. The number of furan rings is 2. The Balaban J connectivity index is 1.07. The highest BCUT2D eigenvalue weighted by molar-refractivity contribution is 6.15. The van der Waals surface area contributed by atoms with E-state index in [1.165, 1.54) is 27.2 Å². The van der Waals surface area contributed by atoms with Crippen molar-refractivity contribution in [1.82, 2.24) is 4.57 Å². The first-order valence-electron chi connectivity index (χ1n) is 21.1. The van der Waals surface area contributed by atoms with Crippen LogP contribution < -0.4 is 4.90 Å². The average molecular weight is 793 g/mol. The van der Waals surface area contributed by atoms with E-state index in [0.29, 0.717) is 0 Å². The lowest BCUT2D eigenvalue weighted by Crippen LogP contribution is -2.12. The molecule has 290 valence electrons. The zero-order chi connectivity index (χ0) is 40.7. The zero-order valence-electron chi connectivity index (χ0n) is 33.5. The summed E-state index contributed by atoms with van der Waals surface area (Å²) in [5, 5.41) is 9.21. The number of hydrogen-bond acceptors (Lipinski definition) is 3. The van der Waals surface area contributed by atoms with E-state index in [-0.39, 0.29) is 0 Å². The smallest absolute Gasteiger partial charge is 0.145 e. The van der Waals surface area contributed by atoms with Crippen molar-refractivity contribution in [3.05, 3.63) is 218 Å². The maximum absolute atomic E-state index is 6.96. The van der Waals surface area contributed by atoms with Gasteiger partial charge in [-0.1, -0.05) is 146 Å². The Morgan fingerprint density at radius 3 is 1.77 bits per heavy atom. The van der Waals surface area contributed by atoms with E-state index in [1.807, 2.05) is 18.2 Å². The summed E-state index contributed by atoms with van der Waals surface area (Å²) in [6.45, 7) is 0. The molecule has 4 nitrogen and oxygen atoms in total. The first kappa shape index (κ1) is 34.5. The number of benzene rings is 10. The van der Waals surface area contributed by atoms with Gasteiger partial charge in [0.15, 0.2) is 0 Å². The molecule has 0 atom stereocenters. The molecule has 0 bridgehead atoms. The number of aromatic nitrogens is 1. The van der Waals surface area contributed by atoms with Gasteiger partial charge in [0.1, 0.15) is 22.3 Å². The maximum atomic E-state index is 6.96. The van der Waals surface area contributed by atoms with Crippen LogP contribution in [0.1, 0.15) is 0 Å². The Kier molecular flexibility index (Phi) is 7.57. The van der Waals surface area contributed by atoms with Crippen LogP contribution >= 0.6 is 0 Å². The molecule has 13 aromatic rings. The fourth-order valence-corrected chi connectivity index (χ4v) is 9.86. The largest absolute Gasteiger partial charge is 0.456 e. The third-order valence-electron chi connectivity index (χ3n) is 12.6. The number of para-hydroxylation sites is 4. The van der Waals surface area contributed by atoms with Crippen molar-refractivity contribution in [3.8, 4) is 27.9 Å². The van der Waals surface area contributed by atoms with Crippen molar-refractivity contribution in [2.75, 3.05) is 4.90 Å². The van der Waals surface area contributed by atoms with Crippen molar-refractivity contribution >= 4 is 93.5 Å². The van der Waals surface area contributed by atoms with Gasteiger partial charge in [0.25, 0.3) is 0 Å². The van der Waals surface area contributed by atoms with Crippen LogP contribution in [0.25, 0.3) is 104 Å². The standard InChI is InChI=1S/C58H36N2O2/c1-2-18-42-37(14-1)15-12-26-49(42)59(40-32-30-38(31-33-40)43-23-13-29-55-57(43)48-22-6-10-28-54(48)61-55)52-35-34-47-46-21-5-9-27-53(46)62-58(47)56(52)39-16-11-17-41(36-39)60-50-24-7-3-19-44(50)45-20-4-8-25-51(45)60/h1-36H. The first-order valence-corrected chi connectivity index (χ1v) is 21.1. The van der Waals surface area contributed by atoms with Gasteiger partial charge in [-0.2, -0.15) is 0 Å². The second-order valence-corrected chi connectivity index (χ2v) is 16.0. The number of anilines is 3. The van der Waals surface area contributed by atoms with Gasteiger partial charge < -0.3 is 18.3 Å². The molecule has 0 aliphatic rings. The van der Waals surface area contributed by atoms with E-state index in [1.54, 1.807) is 0 Å². The van der Waals surface area contributed by atoms with E-state index in [9.17, 15) is 0 Å². The molecule has 0 aliphatic carbocycles. The lowest BCUT2D eigenvalue weighted by atomic mass is 9.96. The lowest BCUT2D eigenvalue weighted by Gasteiger charge is -2.29. The fraction of sp³-hybridized carbons (Fsp3) is 0. The summed E-state index contributed by atoms with van der Waals surface area (Å²) in [7, 11) is 0. The second-order valence-electron chi connectivity index (χ2n) is 16.0. The highest BCUT2D eigenvalue weighted by atomic mass is 16.3. The van der Waals surface area contributed by atoms with Crippen LogP contribution in [0.15, 0.2) is 227 Å². The van der Waals surface area contributed by atoms with Crippen LogP contribution in [0.4, 0.5) is 17.1 Å². The molecule has 4 heteroatoms. The summed E-state index contributed by atoms with van der Waals surface area (Å²) < 4.78 is 15.6. The molecule has 0 saturated carbocycles. The monoisotopic (exact) mass is 792 g/mol. The Morgan fingerprint density at radius 2 is 0.984 bits per heavy atom. The molecule has 0 radical (unpaired) electrons. The first-order chi connectivity index (χ1) is 30.8. The van der Waals surface area contributed by atoms with Crippen LogP contribution in [-0.2, 0) is 0 Å². The number of nitrogens with zero attached hydrogens (tertiary/aromatic N) is 2. The summed E-state index contributed by atoms with van der Waals surface area (Å²) in [5.74, 6) is 0. The topological polar surface area (TPSA) is 34.5 Å². The van der Waals surface area contributed by atoms with Gasteiger partial charge in [-0.25, -0.2) is 0 Å². The highest BCUT2D eigenvalue weighted by Crippen LogP contribution is 2.49. The normalized spacial score (nSPS) is 11.9. The van der Waals surface area contributed by atoms with Crippen molar-refractivity contribution in [3.63, 3.8) is 0 Å². The molecule has 0 unspecified atom stereocenters. The van der Waals surface area contributed by atoms with Gasteiger partial charge in [0.05, 0.1) is 22.4 Å². The fourth-order valence-electron chi connectivity index (χ4n) is 9.86. The van der Waals surface area contributed by atoms with Crippen molar-refractivity contribution in [1.29, 1.82) is 0 Å². The van der Waals surface area contributed by atoms with E-state index in [2.05, 4.69) is 210 Å². The predicted octanol–water partition coefficient (Wildman–Crippen LogP) is 16.5. The molecule has 10 aromatic carbocycles. The zero-order valence-corrected chi connectivity index (χ0v) is 33.5. The third-order valence-corrected chi connectivity index (χ3v) is 12.6. The second kappa shape index (κ2) is 13.6. The molecule has 0 N–H and O–H groups in total. The Labute approximate surface area is 356 Å². The number of rotatable bonds is 6. The molecular weight excluding hydrogens is 757 g/mol. The summed E-state index contributed by atoms with van der Waals surface area (Å²) in [6, 6.07) is 78.0. The van der Waals surface area contributed by atoms with Gasteiger partial charge in [-0.15, -0.1) is 0 Å². The summed E-state index contributed by atoms with van der Waals surface area (Å²) >= 11 is 0. The van der Waals surface area contributed by atoms with Crippen LogP contribution in [-0.4, -0.2) is 4.57 Å². The van der Waals surface area contributed by atoms with Crippen molar-refractivity contribution < 1.29 is 8.83 Å². The minimum absolute atomic E-state index is 0.850. The summed E-state index contributed by atoms with van der Waals surface area (Å²) in [4.78, 5) is 2.41. The van der Waals surface area contributed by atoms with Crippen molar-refractivity contribution in [2.24, 2.45) is 0 Å². The van der Waals surface area contributed by atoms with E-state index in [4.69, 9.17) is 8.83 Å². The molecule has 0 fully saturated rings. The summed E-state index contributed by atoms with van der Waals surface area (Å²) in [5.41, 5.74) is 14.4. The lowest BCUT2D eigenvalue weighted by molar-refractivity contribution is 0.669. The highest BCUT2D eigenvalue weighted by Gasteiger charge is 2.25. The minimum atomic E-state index is 0.850. The molecule has 62 heavy (non-hydrogen) atoms. The predicted molar refractivity (Wildman–Crippen MR) is 258 cm³/mol. The Hall–Kier alpha value is -8.34. The molecule has 0 aliphatic heterocycles. The molecule has 3 heterocycles. The van der Waals surface area contributed by atoms with Crippen LogP contribution in [0.5, 0.6) is 0 Å². The van der Waals surface area contributed by atoms with Gasteiger partial charge in [-0.3, -0.25) is 0 Å². The Bertz CT molecular complexity index is 3830.